The summed E-state index contributed by atoms with van der Waals surface area (Å²) in [6.07, 6.45) is 3.22. The molecule has 17 heavy (non-hydrogen) atoms. The van der Waals surface area contributed by atoms with Crippen LogP contribution in [0.15, 0.2) is 0 Å². The SMILES string of the molecule is Cl.O=C(C[C@@]12CNC[C@@H]1COC2)NCC1CC1. The largest absolute Gasteiger partial charge is 0.380 e. The zero-order chi connectivity index (χ0) is 11.0. The Balaban J connectivity index is 0.00000108. The summed E-state index contributed by atoms with van der Waals surface area (Å²) in [6.45, 7) is 4.41. The van der Waals surface area contributed by atoms with Crippen molar-refractivity contribution >= 4 is 18.3 Å². The smallest absolute Gasteiger partial charge is 0.220 e. The van der Waals surface area contributed by atoms with Crippen LogP contribution in [0.3, 0.4) is 0 Å². The predicted octanol–water partition coefficient (Wildman–Crippen LogP) is 0.560. The van der Waals surface area contributed by atoms with Gasteiger partial charge in [-0.1, -0.05) is 0 Å². The van der Waals surface area contributed by atoms with Crippen LogP contribution >= 0.6 is 12.4 Å². The minimum Gasteiger partial charge on any atom is -0.380 e. The highest BCUT2D eigenvalue weighted by atomic mass is 35.5. The van der Waals surface area contributed by atoms with Gasteiger partial charge in [0.15, 0.2) is 0 Å². The summed E-state index contributed by atoms with van der Waals surface area (Å²) in [4.78, 5) is 11.9. The van der Waals surface area contributed by atoms with Gasteiger partial charge >= 0.3 is 0 Å². The summed E-state index contributed by atoms with van der Waals surface area (Å²) in [5.74, 6) is 1.52. The van der Waals surface area contributed by atoms with E-state index in [1.807, 2.05) is 0 Å². The first-order valence-electron chi connectivity index (χ1n) is 6.34. The number of ether oxygens (including phenoxy) is 1. The molecule has 4 nitrogen and oxygen atoms in total. The molecular weight excluding hydrogens is 240 g/mol. The van der Waals surface area contributed by atoms with Crippen LogP contribution in [-0.4, -0.2) is 38.8 Å². The molecule has 2 aliphatic heterocycles. The van der Waals surface area contributed by atoms with Crippen LogP contribution < -0.4 is 10.6 Å². The molecule has 0 aromatic rings. The second-order valence-electron chi connectivity index (χ2n) is 5.63. The van der Waals surface area contributed by atoms with Crippen molar-refractivity contribution in [1.29, 1.82) is 0 Å². The van der Waals surface area contributed by atoms with Gasteiger partial charge in [-0.2, -0.15) is 0 Å². The number of hydrogen-bond donors (Lipinski definition) is 2. The monoisotopic (exact) mass is 260 g/mol. The van der Waals surface area contributed by atoms with E-state index in [1.165, 1.54) is 12.8 Å². The molecule has 2 atom stereocenters. The van der Waals surface area contributed by atoms with Gasteiger partial charge < -0.3 is 15.4 Å². The van der Waals surface area contributed by atoms with Gasteiger partial charge in [0.1, 0.15) is 0 Å². The van der Waals surface area contributed by atoms with Crippen molar-refractivity contribution < 1.29 is 9.53 Å². The average Bonchev–Trinajstić information content (AvgIpc) is 2.88. The molecule has 98 valence electrons. The minimum atomic E-state index is 0. The first-order valence-corrected chi connectivity index (χ1v) is 6.34. The first-order chi connectivity index (χ1) is 7.78. The molecule has 5 heteroatoms. The van der Waals surface area contributed by atoms with Crippen molar-refractivity contribution in [2.45, 2.75) is 19.3 Å². The van der Waals surface area contributed by atoms with Crippen molar-refractivity contribution in [2.24, 2.45) is 17.3 Å². The zero-order valence-electron chi connectivity index (χ0n) is 10.0. The summed E-state index contributed by atoms with van der Waals surface area (Å²) < 4.78 is 5.53. The Hall–Kier alpha value is -0.320. The van der Waals surface area contributed by atoms with Crippen molar-refractivity contribution in [3.63, 3.8) is 0 Å². The normalized spacial score (nSPS) is 35.2. The lowest BCUT2D eigenvalue weighted by Crippen LogP contribution is -2.37. The summed E-state index contributed by atoms with van der Waals surface area (Å²) >= 11 is 0. The lowest BCUT2D eigenvalue weighted by Gasteiger charge is -2.25. The van der Waals surface area contributed by atoms with Crippen LogP contribution in [0.5, 0.6) is 0 Å². The van der Waals surface area contributed by atoms with Gasteiger partial charge in [0.25, 0.3) is 0 Å². The van der Waals surface area contributed by atoms with Crippen LogP contribution in [-0.2, 0) is 9.53 Å². The number of carbonyl (C=O) groups is 1. The number of fused-ring (bicyclic) bond motifs is 1. The molecule has 0 bridgehead atoms. The molecule has 1 aliphatic carbocycles. The lowest BCUT2D eigenvalue weighted by molar-refractivity contribution is -0.123. The molecule has 1 amide bonds. The van der Waals surface area contributed by atoms with Gasteiger partial charge in [-0.05, 0) is 18.8 Å². The van der Waals surface area contributed by atoms with E-state index in [0.29, 0.717) is 12.3 Å². The average molecular weight is 261 g/mol. The van der Waals surface area contributed by atoms with Crippen LogP contribution in [0.1, 0.15) is 19.3 Å². The number of hydrogen-bond acceptors (Lipinski definition) is 3. The van der Waals surface area contributed by atoms with Gasteiger partial charge in [0.05, 0.1) is 13.2 Å². The summed E-state index contributed by atoms with van der Waals surface area (Å²) in [7, 11) is 0. The van der Waals surface area contributed by atoms with E-state index < -0.39 is 0 Å². The zero-order valence-corrected chi connectivity index (χ0v) is 10.9. The van der Waals surface area contributed by atoms with Crippen LogP contribution in [0.25, 0.3) is 0 Å². The third-order valence-corrected chi connectivity index (χ3v) is 4.24. The highest BCUT2D eigenvalue weighted by molar-refractivity contribution is 5.85. The molecule has 0 aromatic heterocycles. The van der Waals surface area contributed by atoms with Gasteiger partial charge in [0, 0.05) is 37.4 Å². The molecule has 2 heterocycles. The summed E-state index contributed by atoms with van der Waals surface area (Å²) in [6, 6.07) is 0. The molecule has 0 aromatic carbocycles. The maximum atomic E-state index is 11.9. The van der Waals surface area contributed by atoms with E-state index in [4.69, 9.17) is 4.74 Å². The number of nitrogens with one attached hydrogen (secondary N) is 2. The number of carbonyl (C=O) groups excluding carboxylic acids is 1. The molecule has 2 saturated heterocycles. The molecule has 3 fully saturated rings. The molecule has 0 radical (unpaired) electrons. The molecule has 0 spiro atoms. The van der Waals surface area contributed by atoms with Crippen molar-refractivity contribution in [1.82, 2.24) is 10.6 Å². The van der Waals surface area contributed by atoms with E-state index in [2.05, 4.69) is 10.6 Å². The maximum absolute atomic E-state index is 11.9. The van der Waals surface area contributed by atoms with Crippen LogP contribution in [0.2, 0.25) is 0 Å². The highest BCUT2D eigenvalue weighted by Gasteiger charge is 2.48. The maximum Gasteiger partial charge on any atom is 0.220 e. The second-order valence-corrected chi connectivity index (χ2v) is 5.63. The van der Waals surface area contributed by atoms with E-state index in [1.54, 1.807) is 0 Å². The van der Waals surface area contributed by atoms with Crippen molar-refractivity contribution in [3.05, 3.63) is 0 Å². The molecule has 1 saturated carbocycles. The first kappa shape index (κ1) is 13.1. The molecular formula is C12H21ClN2O2. The van der Waals surface area contributed by atoms with Gasteiger partial charge in [-0.3, -0.25) is 4.79 Å². The third-order valence-electron chi connectivity index (χ3n) is 4.24. The lowest BCUT2D eigenvalue weighted by atomic mass is 9.78. The topological polar surface area (TPSA) is 50.4 Å². The van der Waals surface area contributed by atoms with E-state index in [-0.39, 0.29) is 23.7 Å². The summed E-state index contributed by atoms with van der Waals surface area (Å²) in [5, 5.41) is 6.44. The molecule has 3 aliphatic rings. The van der Waals surface area contributed by atoms with E-state index in [9.17, 15) is 4.79 Å². The Morgan fingerprint density at radius 1 is 1.47 bits per heavy atom. The molecule has 3 rings (SSSR count). The second kappa shape index (κ2) is 5.12. The fourth-order valence-corrected chi connectivity index (χ4v) is 2.89. The minimum absolute atomic E-state index is 0. The van der Waals surface area contributed by atoms with E-state index >= 15 is 0 Å². The Labute approximate surface area is 108 Å². The fraction of sp³-hybridized carbons (Fsp3) is 0.917. The van der Waals surface area contributed by atoms with Gasteiger partial charge in [-0.25, -0.2) is 0 Å². The van der Waals surface area contributed by atoms with Gasteiger partial charge in [0.2, 0.25) is 5.91 Å². The Morgan fingerprint density at radius 2 is 2.29 bits per heavy atom. The Bertz CT molecular complexity index is 284. The fourth-order valence-electron chi connectivity index (χ4n) is 2.89. The van der Waals surface area contributed by atoms with Crippen LogP contribution in [0, 0.1) is 17.3 Å². The molecule has 0 unspecified atom stereocenters. The predicted molar refractivity (Wildman–Crippen MR) is 67.2 cm³/mol. The number of rotatable bonds is 4. The summed E-state index contributed by atoms with van der Waals surface area (Å²) in [5.41, 5.74) is 0.0909. The van der Waals surface area contributed by atoms with Crippen molar-refractivity contribution in [3.8, 4) is 0 Å². The van der Waals surface area contributed by atoms with Crippen molar-refractivity contribution in [2.75, 3.05) is 32.8 Å². The third kappa shape index (κ3) is 2.75. The number of halogens is 1. The molecule has 2 N–H and O–H groups in total. The van der Waals surface area contributed by atoms with Gasteiger partial charge in [-0.15, -0.1) is 12.4 Å². The highest BCUT2D eigenvalue weighted by Crippen LogP contribution is 2.40. The Morgan fingerprint density at radius 3 is 3.06 bits per heavy atom. The standard InChI is InChI=1S/C12H20N2O2.ClH/c15-11(14-4-9-1-2-9)3-12-7-13-5-10(12)6-16-8-12;/h9-10,13H,1-8H2,(H,14,15);1H/t10-,12+;/m1./s1. The Kier molecular flexibility index (Phi) is 3.95. The quantitative estimate of drug-likeness (QED) is 0.777. The van der Waals surface area contributed by atoms with E-state index in [0.717, 1.165) is 38.8 Å². The number of amides is 1. The van der Waals surface area contributed by atoms with Crippen LogP contribution in [0.4, 0.5) is 0 Å².